The minimum atomic E-state index is -0.0480. The molecule has 1 aromatic rings. The Morgan fingerprint density at radius 3 is 2.00 bits per heavy atom. The highest BCUT2D eigenvalue weighted by molar-refractivity contribution is 5.69. The molecule has 2 heteroatoms. The number of esters is 1. The summed E-state index contributed by atoms with van der Waals surface area (Å²) in [6.07, 6.45) is 18.4. The first kappa shape index (κ1) is 24.7. The van der Waals surface area contributed by atoms with E-state index in [4.69, 9.17) is 4.74 Å². The summed E-state index contributed by atoms with van der Waals surface area (Å²) in [7, 11) is 0. The minimum Gasteiger partial charge on any atom is -0.466 e. The van der Waals surface area contributed by atoms with Gasteiger partial charge in [0.15, 0.2) is 0 Å². The van der Waals surface area contributed by atoms with Crippen LogP contribution in [0.3, 0.4) is 0 Å². The molecule has 0 fully saturated rings. The Balaban J connectivity index is 2.20. The van der Waals surface area contributed by atoms with Gasteiger partial charge in [-0.1, -0.05) is 121 Å². The summed E-state index contributed by atoms with van der Waals surface area (Å²) in [5, 5.41) is 0. The van der Waals surface area contributed by atoms with Crippen molar-refractivity contribution in [2.45, 2.75) is 110 Å². The van der Waals surface area contributed by atoms with Gasteiger partial charge >= 0.3 is 5.97 Å². The second-order valence-electron chi connectivity index (χ2n) is 8.27. The fourth-order valence-corrected chi connectivity index (χ4v) is 3.81. The molecule has 0 spiro atoms. The number of aryl methyl sites for hydroxylation is 1. The first-order valence-electron chi connectivity index (χ1n) is 12.0. The van der Waals surface area contributed by atoms with Gasteiger partial charge in [-0.15, -0.1) is 0 Å². The van der Waals surface area contributed by atoms with E-state index in [9.17, 15) is 4.79 Å². The molecule has 0 saturated carbocycles. The maximum Gasteiger partial charge on any atom is 0.306 e. The van der Waals surface area contributed by atoms with E-state index in [0.29, 0.717) is 13.0 Å². The van der Waals surface area contributed by atoms with Gasteiger partial charge in [-0.25, -0.2) is 0 Å². The maximum absolute atomic E-state index is 12.0. The zero-order chi connectivity index (χ0) is 20.3. The van der Waals surface area contributed by atoms with Gasteiger partial charge in [-0.3, -0.25) is 4.79 Å². The molecular weight excluding hydrogens is 344 g/mol. The van der Waals surface area contributed by atoms with Crippen molar-refractivity contribution in [1.82, 2.24) is 0 Å². The van der Waals surface area contributed by atoms with E-state index in [1.54, 1.807) is 0 Å². The van der Waals surface area contributed by atoms with Crippen LogP contribution in [0.25, 0.3) is 0 Å². The summed E-state index contributed by atoms with van der Waals surface area (Å²) in [6, 6.07) is 10.2. The number of ether oxygens (including phenoxy) is 1. The van der Waals surface area contributed by atoms with Gasteiger partial charge in [0, 0.05) is 6.42 Å². The molecule has 2 nitrogen and oxygen atoms in total. The standard InChI is InChI=1S/C26H44O2/c1-3-5-7-9-10-13-19-25(18-12-8-6-4-2)22-23-28-26(27)21-20-24-16-14-11-15-17-24/h11,14-17,25H,3-10,12-13,18-23H2,1-2H3. The molecule has 1 unspecified atom stereocenters. The second kappa shape index (κ2) is 17.8. The van der Waals surface area contributed by atoms with Crippen molar-refractivity contribution < 1.29 is 9.53 Å². The summed E-state index contributed by atoms with van der Waals surface area (Å²) in [4.78, 5) is 12.0. The van der Waals surface area contributed by atoms with Crippen LogP contribution in [-0.4, -0.2) is 12.6 Å². The number of hydrogen-bond acceptors (Lipinski definition) is 2. The molecule has 1 atom stereocenters. The number of benzene rings is 1. The fraction of sp³-hybridized carbons (Fsp3) is 0.731. The number of carbonyl (C=O) groups excluding carboxylic acids is 1. The molecule has 0 aliphatic rings. The fourth-order valence-electron chi connectivity index (χ4n) is 3.81. The van der Waals surface area contributed by atoms with Gasteiger partial charge in [0.2, 0.25) is 0 Å². The first-order chi connectivity index (χ1) is 13.8. The number of hydrogen-bond donors (Lipinski definition) is 0. The van der Waals surface area contributed by atoms with Gasteiger partial charge in [0.1, 0.15) is 0 Å². The van der Waals surface area contributed by atoms with Crippen LogP contribution < -0.4 is 0 Å². The molecule has 0 bridgehead atoms. The predicted molar refractivity (Wildman–Crippen MR) is 121 cm³/mol. The lowest BCUT2D eigenvalue weighted by Crippen LogP contribution is -2.11. The number of carbonyl (C=O) groups is 1. The van der Waals surface area contributed by atoms with Crippen molar-refractivity contribution in [1.29, 1.82) is 0 Å². The third-order valence-corrected chi connectivity index (χ3v) is 5.68. The highest BCUT2D eigenvalue weighted by Crippen LogP contribution is 2.22. The van der Waals surface area contributed by atoms with Crippen molar-refractivity contribution in [2.75, 3.05) is 6.61 Å². The molecule has 0 N–H and O–H groups in total. The minimum absolute atomic E-state index is 0.0480. The van der Waals surface area contributed by atoms with E-state index in [1.165, 1.54) is 82.6 Å². The normalized spacial score (nSPS) is 12.1. The van der Waals surface area contributed by atoms with Crippen molar-refractivity contribution in [3.63, 3.8) is 0 Å². The van der Waals surface area contributed by atoms with Crippen LogP contribution in [0.15, 0.2) is 30.3 Å². The lowest BCUT2D eigenvalue weighted by molar-refractivity contribution is -0.144. The SMILES string of the molecule is CCCCCCCCC(CCCCCC)CCOC(=O)CCc1ccccc1. The summed E-state index contributed by atoms with van der Waals surface area (Å²) >= 11 is 0. The molecule has 28 heavy (non-hydrogen) atoms. The molecule has 0 amide bonds. The van der Waals surface area contributed by atoms with Gasteiger partial charge in [-0.05, 0) is 24.3 Å². The molecule has 0 heterocycles. The van der Waals surface area contributed by atoms with Gasteiger partial charge < -0.3 is 4.74 Å². The van der Waals surface area contributed by atoms with E-state index < -0.39 is 0 Å². The highest BCUT2D eigenvalue weighted by atomic mass is 16.5. The molecular formula is C26H44O2. The third kappa shape index (κ3) is 13.8. The molecule has 0 aliphatic carbocycles. The third-order valence-electron chi connectivity index (χ3n) is 5.68. The Kier molecular flexibility index (Phi) is 15.7. The summed E-state index contributed by atoms with van der Waals surface area (Å²) in [6.45, 7) is 5.14. The molecule has 0 radical (unpaired) electrons. The average molecular weight is 389 g/mol. The largest absolute Gasteiger partial charge is 0.466 e. The van der Waals surface area contributed by atoms with Crippen molar-refractivity contribution in [2.24, 2.45) is 5.92 Å². The number of unbranched alkanes of at least 4 members (excludes halogenated alkanes) is 8. The quantitative estimate of drug-likeness (QED) is 0.189. The zero-order valence-electron chi connectivity index (χ0n) is 18.6. The Morgan fingerprint density at radius 2 is 1.36 bits per heavy atom. The Hall–Kier alpha value is -1.31. The maximum atomic E-state index is 12.0. The van der Waals surface area contributed by atoms with E-state index in [-0.39, 0.29) is 5.97 Å². The molecule has 0 aliphatic heterocycles. The van der Waals surface area contributed by atoms with Crippen LogP contribution in [0.2, 0.25) is 0 Å². The van der Waals surface area contributed by atoms with E-state index in [0.717, 1.165) is 18.8 Å². The van der Waals surface area contributed by atoms with Gasteiger partial charge in [-0.2, -0.15) is 0 Å². The average Bonchev–Trinajstić information content (AvgIpc) is 2.72. The van der Waals surface area contributed by atoms with Crippen LogP contribution >= 0.6 is 0 Å². The molecule has 160 valence electrons. The predicted octanol–water partition coefficient (Wildman–Crippen LogP) is 7.89. The topological polar surface area (TPSA) is 26.3 Å². The van der Waals surface area contributed by atoms with Crippen LogP contribution in [-0.2, 0) is 16.0 Å². The summed E-state index contributed by atoms with van der Waals surface area (Å²) in [5.41, 5.74) is 1.20. The molecule has 0 aromatic heterocycles. The van der Waals surface area contributed by atoms with Crippen molar-refractivity contribution in [3.8, 4) is 0 Å². The van der Waals surface area contributed by atoms with Gasteiger partial charge in [0.25, 0.3) is 0 Å². The number of rotatable bonds is 18. The lowest BCUT2D eigenvalue weighted by atomic mass is 9.92. The van der Waals surface area contributed by atoms with E-state index >= 15 is 0 Å². The van der Waals surface area contributed by atoms with Gasteiger partial charge in [0.05, 0.1) is 6.61 Å². The molecule has 1 aromatic carbocycles. The smallest absolute Gasteiger partial charge is 0.306 e. The Labute approximate surface area is 174 Å². The molecule has 0 saturated heterocycles. The first-order valence-corrected chi connectivity index (χ1v) is 12.0. The Morgan fingerprint density at radius 1 is 0.786 bits per heavy atom. The monoisotopic (exact) mass is 388 g/mol. The molecule has 1 rings (SSSR count). The summed E-state index contributed by atoms with van der Waals surface area (Å²) < 4.78 is 5.54. The Bertz CT molecular complexity index is 469. The van der Waals surface area contributed by atoms with Crippen LogP contribution in [0, 0.1) is 5.92 Å². The lowest BCUT2D eigenvalue weighted by Gasteiger charge is -2.17. The van der Waals surface area contributed by atoms with Crippen molar-refractivity contribution >= 4 is 5.97 Å². The highest BCUT2D eigenvalue weighted by Gasteiger charge is 2.11. The van der Waals surface area contributed by atoms with E-state index in [2.05, 4.69) is 26.0 Å². The summed E-state index contributed by atoms with van der Waals surface area (Å²) in [5.74, 6) is 0.679. The zero-order valence-corrected chi connectivity index (χ0v) is 18.6. The van der Waals surface area contributed by atoms with Crippen LogP contribution in [0.4, 0.5) is 0 Å². The van der Waals surface area contributed by atoms with Crippen molar-refractivity contribution in [3.05, 3.63) is 35.9 Å². The van der Waals surface area contributed by atoms with Crippen LogP contribution in [0.1, 0.15) is 109 Å². The van der Waals surface area contributed by atoms with E-state index in [1.807, 2.05) is 18.2 Å². The second-order valence-corrected chi connectivity index (χ2v) is 8.27. The van der Waals surface area contributed by atoms with Crippen LogP contribution in [0.5, 0.6) is 0 Å².